The Balaban J connectivity index is 2.92. The van der Waals surface area contributed by atoms with Crippen LogP contribution in [-0.4, -0.2) is 26.7 Å². The molecule has 6 heteroatoms. The van der Waals surface area contributed by atoms with E-state index in [2.05, 4.69) is 17.0 Å². The van der Waals surface area contributed by atoms with Crippen molar-refractivity contribution in [2.24, 2.45) is 0 Å². The number of nitrogens with two attached hydrogens (primary N) is 1. The Hall–Kier alpha value is -1.43. The van der Waals surface area contributed by atoms with Crippen molar-refractivity contribution >= 4 is 28.0 Å². The second-order valence-electron chi connectivity index (χ2n) is 3.48. The smallest absolute Gasteiger partial charge is 0.350 e. The van der Waals surface area contributed by atoms with Gasteiger partial charge in [0.05, 0.1) is 14.2 Å². The number of rotatable bonds is 6. The van der Waals surface area contributed by atoms with Crippen molar-refractivity contribution in [3.63, 3.8) is 0 Å². The van der Waals surface area contributed by atoms with Gasteiger partial charge in [-0.05, 0) is 6.42 Å². The number of carbonyl (C=O) groups is 1. The van der Waals surface area contributed by atoms with Gasteiger partial charge in [0, 0.05) is 6.54 Å². The lowest BCUT2D eigenvalue weighted by atomic mass is 10.3. The predicted molar refractivity (Wildman–Crippen MR) is 70.0 cm³/mol. The number of unbranched alkanes of at least 4 members (excludes halogenated alkanes) is 1. The number of nitrogens with one attached hydrogen (secondary N) is 1. The molecule has 0 aromatic carbocycles. The number of ether oxygens (including phenoxy) is 2. The minimum Gasteiger partial charge on any atom is -0.492 e. The summed E-state index contributed by atoms with van der Waals surface area (Å²) in [5.41, 5.74) is 6.18. The molecule has 0 atom stereocenters. The standard InChI is InChI=1S/C11H18N2O3S/c1-4-5-6-13-10-8(15-2)7(12)9(17-10)11(14)16-3/h13H,4-6,12H2,1-3H3. The molecule has 1 heterocycles. The van der Waals surface area contributed by atoms with Crippen LogP contribution < -0.4 is 15.8 Å². The number of hydrogen-bond acceptors (Lipinski definition) is 6. The Morgan fingerprint density at radius 1 is 1.47 bits per heavy atom. The van der Waals surface area contributed by atoms with Crippen LogP contribution in [0.1, 0.15) is 29.4 Å². The predicted octanol–water partition coefficient (Wildman–Crippen LogP) is 2.34. The van der Waals surface area contributed by atoms with Crippen LogP contribution in [0, 0.1) is 0 Å². The molecule has 0 aliphatic carbocycles. The van der Waals surface area contributed by atoms with Crippen LogP contribution in [0.3, 0.4) is 0 Å². The van der Waals surface area contributed by atoms with Crippen LogP contribution in [0.25, 0.3) is 0 Å². The molecule has 5 nitrogen and oxygen atoms in total. The molecule has 96 valence electrons. The van der Waals surface area contributed by atoms with Crippen LogP contribution in [-0.2, 0) is 4.74 Å². The average Bonchev–Trinajstić information content (AvgIpc) is 2.65. The second-order valence-corrected chi connectivity index (χ2v) is 4.50. The zero-order valence-corrected chi connectivity index (χ0v) is 11.1. The van der Waals surface area contributed by atoms with E-state index in [0.29, 0.717) is 16.3 Å². The Kier molecular flexibility index (Phi) is 5.09. The lowest BCUT2D eigenvalue weighted by molar-refractivity contribution is 0.0607. The van der Waals surface area contributed by atoms with Crippen LogP contribution in [0.15, 0.2) is 0 Å². The Morgan fingerprint density at radius 3 is 2.71 bits per heavy atom. The maximum Gasteiger partial charge on any atom is 0.350 e. The molecule has 0 fully saturated rings. The lowest BCUT2D eigenvalue weighted by Gasteiger charge is -2.05. The highest BCUT2D eigenvalue weighted by Gasteiger charge is 2.21. The Labute approximate surface area is 105 Å². The highest BCUT2D eigenvalue weighted by atomic mass is 32.1. The molecule has 0 aliphatic rings. The molecule has 0 spiro atoms. The van der Waals surface area contributed by atoms with Crippen LogP contribution >= 0.6 is 11.3 Å². The highest BCUT2D eigenvalue weighted by Crippen LogP contribution is 2.42. The zero-order chi connectivity index (χ0) is 12.8. The van der Waals surface area contributed by atoms with Gasteiger partial charge in [0.2, 0.25) is 0 Å². The molecule has 0 radical (unpaired) electrons. The van der Waals surface area contributed by atoms with Gasteiger partial charge < -0.3 is 20.5 Å². The van der Waals surface area contributed by atoms with Crippen molar-refractivity contribution in [2.75, 3.05) is 31.8 Å². The largest absolute Gasteiger partial charge is 0.492 e. The second kappa shape index (κ2) is 6.34. The van der Waals surface area contributed by atoms with Crippen LogP contribution in [0.5, 0.6) is 5.75 Å². The maximum atomic E-state index is 11.5. The molecular formula is C11H18N2O3S. The molecular weight excluding hydrogens is 240 g/mol. The first-order valence-electron chi connectivity index (χ1n) is 5.44. The summed E-state index contributed by atoms with van der Waals surface area (Å²) in [5, 5.41) is 3.99. The summed E-state index contributed by atoms with van der Waals surface area (Å²) in [6.45, 7) is 2.94. The SMILES string of the molecule is CCCCNc1sc(C(=O)OC)c(N)c1OC. The molecule has 17 heavy (non-hydrogen) atoms. The fraction of sp³-hybridized carbons (Fsp3) is 0.545. The lowest BCUT2D eigenvalue weighted by Crippen LogP contribution is -2.02. The third-order valence-corrected chi connectivity index (χ3v) is 3.41. The zero-order valence-electron chi connectivity index (χ0n) is 10.3. The maximum absolute atomic E-state index is 11.5. The van der Waals surface area contributed by atoms with Gasteiger partial charge in [-0.25, -0.2) is 4.79 Å². The summed E-state index contributed by atoms with van der Waals surface area (Å²) in [5.74, 6) is 0.0841. The number of hydrogen-bond donors (Lipinski definition) is 2. The van der Waals surface area contributed by atoms with Crippen molar-refractivity contribution in [3.05, 3.63) is 4.88 Å². The van der Waals surface area contributed by atoms with Crippen LogP contribution in [0.2, 0.25) is 0 Å². The van der Waals surface area contributed by atoms with E-state index >= 15 is 0 Å². The number of methoxy groups -OCH3 is 2. The van der Waals surface area contributed by atoms with Crippen molar-refractivity contribution in [2.45, 2.75) is 19.8 Å². The van der Waals surface area contributed by atoms with E-state index in [0.717, 1.165) is 24.4 Å². The number of anilines is 2. The normalized spacial score (nSPS) is 10.1. The molecule has 0 amide bonds. The molecule has 3 N–H and O–H groups in total. The first kappa shape index (κ1) is 13.6. The molecule has 0 bridgehead atoms. The number of nitrogen functional groups attached to an aromatic ring is 1. The first-order valence-corrected chi connectivity index (χ1v) is 6.25. The van der Waals surface area contributed by atoms with Gasteiger partial charge >= 0.3 is 5.97 Å². The van der Waals surface area contributed by atoms with Crippen molar-refractivity contribution in [3.8, 4) is 5.75 Å². The quantitative estimate of drug-likeness (QED) is 0.605. The Morgan fingerprint density at radius 2 is 2.18 bits per heavy atom. The number of esters is 1. The van der Waals surface area contributed by atoms with Gasteiger partial charge in [0.15, 0.2) is 5.75 Å². The first-order chi connectivity index (χ1) is 8.15. The fourth-order valence-corrected chi connectivity index (χ4v) is 2.40. The molecule has 0 aliphatic heterocycles. The fourth-order valence-electron chi connectivity index (χ4n) is 1.37. The summed E-state index contributed by atoms with van der Waals surface area (Å²) >= 11 is 1.26. The summed E-state index contributed by atoms with van der Waals surface area (Å²) in [7, 11) is 2.86. The van der Waals surface area contributed by atoms with E-state index in [4.69, 9.17) is 10.5 Å². The average molecular weight is 258 g/mol. The van der Waals surface area contributed by atoms with Gasteiger partial charge in [0.25, 0.3) is 0 Å². The van der Waals surface area contributed by atoms with Crippen molar-refractivity contribution in [1.82, 2.24) is 0 Å². The molecule has 0 saturated carbocycles. The van der Waals surface area contributed by atoms with Gasteiger partial charge in [-0.2, -0.15) is 0 Å². The minimum atomic E-state index is -0.436. The number of thiophene rings is 1. The van der Waals surface area contributed by atoms with Crippen molar-refractivity contribution in [1.29, 1.82) is 0 Å². The third kappa shape index (κ3) is 3.03. The highest BCUT2D eigenvalue weighted by molar-refractivity contribution is 7.19. The topological polar surface area (TPSA) is 73.6 Å². The monoisotopic (exact) mass is 258 g/mol. The van der Waals surface area contributed by atoms with Gasteiger partial charge in [-0.3, -0.25) is 0 Å². The molecule has 0 saturated heterocycles. The van der Waals surface area contributed by atoms with Crippen molar-refractivity contribution < 1.29 is 14.3 Å². The van der Waals surface area contributed by atoms with E-state index in [1.54, 1.807) is 0 Å². The van der Waals surface area contributed by atoms with E-state index in [9.17, 15) is 4.79 Å². The molecule has 1 aromatic heterocycles. The summed E-state index contributed by atoms with van der Waals surface area (Å²) < 4.78 is 9.86. The van der Waals surface area contributed by atoms with E-state index in [-0.39, 0.29) is 0 Å². The minimum absolute atomic E-state index is 0.336. The van der Waals surface area contributed by atoms with Crippen LogP contribution in [0.4, 0.5) is 10.7 Å². The van der Waals surface area contributed by atoms with E-state index in [1.165, 1.54) is 25.6 Å². The van der Waals surface area contributed by atoms with E-state index < -0.39 is 5.97 Å². The summed E-state index contributed by atoms with van der Waals surface area (Å²) in [6, 6.07) is 0. The molecule has 1 rings (SSSR count). The van der Waals surface area contributed by atoms with Gasteiger partial charge in [-0.1, -0.05) is 13.3 Å². The number of carbonyl (C=O) groups excluding carboxylic acids is 1. The molecule has 1 aromatic rings. The Bertz CT molecular complexity index is 390. The summed E-state index contributed by atoms with van der Waals surface area (Å²) in [4.78, 5) is 11.8. The summed E-state index contributed by atoms with van der Waals surface area (Å²) in [6.07, 6.45) is 2.15. The molecule has 0 unspecified atom stereocenters. The third-order valence-electron chi connectivity index (χ3n) is 2.29. The van der Waals surface area contributed by atoms with E-state index in [1.807, 2.05) is 0 Å². The van der Waals surface area contributed by atoms with Gasteiger partial charge in [-0.15, -0.1) is 11.3 Å². The van der Waals surface area contributed by atoms with Gasteiger partial charge in [0.1, 0.15) is 15.6 Å².